The minimum atomic E-state index is -0.420. The molecule has 0 radical (unpaired) electrons. The molecule has 0 saturated heterocycles. The van der Waals surface area contributed by atoms with Gasteiger partial charge in [0.25, 0.3) is 5.91 Å². The third-order valence-electron chi connectivity index (χ3n) is 5.85. The highest BCUT2D eigenvalue weighted by Gasteiger charge is 2.13. The Labute approximate surface area is 224 Å². The molecule has 5 rings (SSSR count). The molecule has 0 spiro atoms. The first-order chi connectivity index (χ1) is 19.0. The number of nitrogens with zero attached hydrogens (tertiary/aromatic N) is 5. The maximum Gasteiger partial charge on any atom is 0.251 e. The van der Waals surface area contributed by atoms with Crippen molar-refractivity contribution in [3.63, 3.8) is 0 Å². The smallest absolute Gasteiger partial charge is 0.251 e. The van der Waals surface area contributed by atoms with Crippen LogP contribution in [0.25, 0.3) is 34.2 Å². The molecule has 0 saturated carbocycles. The summed E-state index contributed by atoms with van der Waals surface area (Å²) in [6, 6.07) is 24.1. The number of carbonyl (C=O) groups excluding carboxylic acids is 2. The van der Waals surface area contributed by atoms with E-state index in [1.807, 2.05) is 73.6 Å². The van der Waals surface area contributed by atoms with Crippen LogP contribution in [0.15, 0.2) is 95.7 Å². The van der Waals surface area contributed by atoms with Gasteiger partial charge in [-0.05, 0) is 48.5 Å². The lowest BCUT2D eigenvalue weighted by molar-refractivity contribution is -0.115. The summed E-state index contributed by atoms with van der Waals surface area (Å²) in [5, 5.41) is 13.4. The Morgan fingerprint density at radius 3 is 2.03 bits per heavy atom. The third-order valence-corrected chi connectivity index (χ3v) is 5.85. The number of hydrogen-bond donors (Lipinski definition) is 2. The van der Waals surface area contributed by atoms with Gasteiger partial charge in [-0.2, -0.15) is 0 Å². The Balaban J connectivity index is 1.13. The average Bonchev–Trinajstić information content (AvgIpc) is 3.47. The zero-order valence-corrected chi connectivity index (χ0v) is 21.3. The second-order valence-corrected chi connectivity index (χ2v) is 8.81. The lowest BCUT2D eigenvalue weighted by atomic mass is 10.1. The summed E-state index contributed by atoms with van der Waals surface area (Å²) in [6.45, 7) is -0.222. The van der Waals surface area contributed by atoms with Crippen molar-refractivity contribution in [1.82, 2.24) is 25.5 Å². The van der Waals surface area contributed by atoms with Crippen LogP contribution in [0.4, 0.5) is 11.5 Å². The van der Waals surface area contributed by atoms with E-state index in [0.717, 1.165) is 16.8 Å². The van der Waals surface area contributed by atoms with Crippen molar-refractivity contribution in [3.05, 3.63) is 96.8 Å². The van der Waals surface area contributed by atoms with E-state index < -0.39 is 11.8 Å². The number of rotatable bonds is 8. The Bertz CT molecular complexity index is 1560. The number of nitrogens with one attached hydrogen (secondary N) is 2. The van der Waals surface area contributed by atoms with E-state index in [-0.39, 0.29) is 6.54 Å². The Morgan fingerprint density at radius 2 is 1.41 bits per heavy atom. The fourth-order valence-electron chi connectivity index (χ4n) is 3.72. The molecule has 0 unspecified atom stereocenters. The maximum absolute atomic E-state index is 12.5. The van der Waals surface area contributed by atoms with Gasteiger partial charge in [-0.1, -0.05) is 30.3 Å². The average molecular weight is 520 g/mol. The zero-order valence-electron chi connectivity index (χ0n) is 21.3. The number of amides is 2. The van der Waals surface area contributed by atoms with Crippen molar-refractivity contribution < 1.29 is 14.0 Å². The first kappa shape index (κ1) is 25.3. The molecule has 0 aliphatic heterocycles. The lowest BCUT2D eigenvalue weighted by Crippen LogP contribution is -2.33. The van der Waals surface area contributed by atoms with Crippen LogP contribution in [0.5, 0.6) is 0 Å². The maximum atomic E-state index is 12.5. The molecule has 10 heteroatoms. The van der Waals surface area contributed by atoms with Gasteiger partial charge in [0.05, 0.1) is 24.6 Å². The SMILES string of the molecule is CN(C)c1ccc(-c2cnc(NC(=O)CNC(=O)c3ccc(-c4nnc(-c5ccccc5)o4)cc3)cn2)cc1. The van der Waals surface area contributed by atoms with Crippen LogP contribution < -0.4 is 15.5 Å². The molecule has 2 N–H and O–H groups in total. The quantitative estimate of drug-likeness (QED) is 0.311. The van der Waals surface area contributed by atoms with Gasteiger partial charge in [0, 0.05) is 42.0 Å². The molecule has 0 bridgehead atoms. The highest BCUT2D eigenvalue weighted by molar-refractivity contribution is 5.99. The third kappa shape index (κ3) is 6.13. The second kappa shape index (κ2) is 11.3. The van der Waals surface area contributed by atoms with E-state index in [0.29, 0.717) is 34.4 Å². The van der Waals surface area contributed by atoms with Crippen LogP contribution >= 0.6 is 0 Å². The van der Waals surface area contributed by atoms with Crippen LogP contribution in [-0.2, 0) is 4.79 Å². The lowest BCUT2D eigenvalue weighted by Gasteiger charge is -2.12. The summed E-state index contributed by atoms with van der Waals surface area (Å²) in [7, 11) is 3.95. The summed E-state index contributed by atoms with van der Waals surface area (Å²) >= 11 is 0. The molecule has 0 fully saturated rings. The first-order valence-electron chi connectivity index (χ1n) is 12.1. The number of hydrogen-bond acceptors (Lipinski definition) is 8. The van der Waals surface area contributed by atoms with Crippen molar-refractivity contribution in [2.24, 2.45) is 0 Å². The Morgan fingerprint density at radius 1 is 0.769 bits per heavy atom. The Kier molecular flexibility index (Phi) is 7.35. The van der Waals surface area contributed by atoms with Gasteiger partial charge in [0.2, 0.25) is 17.7 Å². The predicted molar refractivity (Wildman–Crippen MR) is 148 cm³/mol. The summed E-state index contributed by atoms with van der Waals surface area (Å²) in [4.78, 5) is 35.5. The molecule has 2 aromatic heterocycles. The van der Waals surface area contributed by atoms with Crippen molar-refractivity contribution in [2.45, 2.75) is 0 Å². The van der Waals surface area contributed by atoms with Gasteiger partial charge in [-0.25, -0.2) is 4.98 Å². The summed E-state index contributed by atoms with van der Waals surface area (Å²) in [5.74, 6) is 0.238. The molecule has 39 heavy (non-hydrogen) atoms. The van der Waals surface area contributed by atoms with Crippen LogP contribution in [0.2, 0.25) is 0 Å². The molecule has 10 nitrogen and oxygen atoms in total. The molecular weight excluding hydrogens is 494 g/mol. The minimum absolute atomic E-state index is 0.222. The van der Waals surface area contributed by atoms with E-state index in [9.17, 15) is 9.59 Å². The number of benzene rings is 3. The molecular formula is C29H25N7O3. The van der Waals surface area contributed by atoms with Gasteiger partial charge in [-0.15, -0.1) is 10.2 Å². The number of anilines is 2. The van der Waals surface area contributed by atoms with Crippen LogP contribution in [0, 0.1) is 0 Å². The standard InChI is InChI=1S/C29H25N7O3/c1-36(2)23-14-12-19(13-15-23)24-16-31-25(17-30-24)33-26(37)18-32-27(38)20-8-10-22(11-9-20)29-35-34-28(39-29)21-6-4-3-5-7-21/h3-17H,18H2,1-2H3,(H,32,38)(H,31,33,37). The summed E-state index contributed by atoms with van der Waals surface area (Å²) < 4.78 is 5.75. The van der Waals surface area contributed by atoms with E-state index in [1.165, 1.54) is 6.20 Å². The van der Waals surface area contributed by atoms with Gasteiger partial charge >= 0.3 is 0 Å². The zero-order chi connectivity index (χ0) is 27.2. The second-order valence-electron chi connectivity index (χ2n) is 8.81. The number of aromatic nitrogens is 4. The molecule has 2 heterocycles. The van der Waals surface area contributed by atoms with Crippen LogP contribution in [0.3, 0.4) is 0 Å². The highest BCUT2D eigenvalue weighted by atomic mass is 16.4. The fourth-order valence-corrected chi connectivity index (χ4v) is 3.72. The largest absolute Gasteiger partial charge is 0.416 e. The van der Waals surface area contributed by atoms with E-state index >= 15 is 0 Å². The number of carbonyl (C=O) groups is 2. The minimum Gasteiger partial charge on any atom is -0.416 e. The fraction of sp³-hybridized carbons (Fsp3) is 0.103. The van der Waals surface area contributed by atoms with Gasteiger partial charge in [0.15, 0.2) is 5.82 Å². The van der Waals surface area contributed by atoms with Crippen molar-refractivity contribution in [3.8, 4) is 34.2 Å². The van der Waals surface area contributed by atoms with Crippen molar-refractivity contribution >= 4 is 23.3 Å². The van der Waals surface area contributed by atoms with E-state index in [2.05, 4.69) is 30.8 Å². The molecule has 194 valence electrons. The van der Waals surface area contributed by atoms with Crippen LogP contribution in [-0.4, -0.2) is 52.6 Å². The van der Waals surface area contributed by atoms with Gasteiger partial charge < -0.3 is 20.0 Å². The Hall–Kier alpha value is -5.38. The molecule has 3 aromatic carbocycles. The molecule has 0 aliphatic carbocycles. The predicted octanol–water partition coefficient (Wildman–Crippen LogP) is 4.30. The topological polar surface area (TPSA) is 126 Å². The molecule has 0 atom stereocenters. The molecule has 0 aliphatic rings. The summed E-state index contributed by atoms with van der Waals surface area (Å²) in [6.07, 6.45) is 3.07. The van der Waals surface area contributed by atoms with E-state index in [4.69, 9.17) is 4.42 Å². The van der Waals surface area contributed by atoms with Crippen LogP contribution in [0.1, 0.15) is 10.4 Å². The van der Waals surface area contributed by atoms with Gasteiger partial charge in [-0.3, -0.25) is 14.6 Å². The summed E-state index contributed by atoms with van der Waals surface area (Å²) in [5.41, 5.74) is 4.57. The highest BCUT2D eigenvalue weighted by Crippen LogP contribution is 2.24. The van der Waals surface area contributed by atoms with Gasteiger partial charge in [0.1, 0.15) is 0 Å². The van der Waals surface area contributed by atoms with Crippen molar-refractivity contribution in [2.75, 3.05) is 30.9 Å². The molecule has 2 amide bonds. The molecule has 5 aromatic rings. The first-order valence-corrected chi connectivity index (χ1v) is 12.1. The van der Waals surface area contributed by atoms with Crippen molar-refractivity contribution in [1.29, 1.82) is 0 Å². The van der Waals surface area contributed by atoms with E-state index in [1.54, 1.807) is 30.5 Å². The normalized spacial score (nSPS) is 10.6. The monoisotopic (exact) mass is 519 g/mol.